The molecular weight excluding hydrogens is 534 g/mol. The molecule has 8 rings (SSSR count). The monoisotopic (exact) mass is 569 g/mol. The van der Waals surface area contributed by atoms with Crippen molar-refractivity contribution in [3.05, 3.63) is 176 Å². The van der Waals surface area contributed by atoms with Crippen LogP contribution in [-0.4, -0.2) is 0 Å². The third kappa shape index (κ3) is 4.73. The number of furan rings is 1. The molecule has 44 heavy (non-hydrogen) atoms. The number of hydrogen-bond donors (Lipinski definition) is 0. The zero-order chi connectivity index (χ0) is 34.5. The van der Waals surface area contributed by atoms with Crippen LogP contribution in [0.25, 0.3) is 55.3 Å². The third-order valence-electron chi connectivity index (χ3n) is 7.80. The number of hydrogen-bond acceptors (Lipinski definition) is 2. The van der Waals surface area contributed by atoms with E-state index in [9.17, 15) is 4.11 Å². The Morgan fingerprint density at radius 2 is 0.909 bits per heavy atom. The molecule has 0 aliphatic carbocycles. The Bertz CT molecular complexity index is 2430. The van der Waals surface area contributed by atoms with E-state index in [-0.39, 0.29) is 69.4 Å². The van der Waals surface area contributed by atoms with Gasteiger partial charge in [0.25, 0.3) is 0 Å². The predicted molar refractivity (Wildman–Crippen MR) is 185 cm³/mol. The van der Waals surface area contributed by atoms with Gasteiger partial charge in [-0.25, -0.2) is 0 Å². The van der Waals surface area contributed by atoms with Crippen molar-refractivity contribution >= 4 is 39.0 Å². The SMILES string of the molecule is [2H]c1c([2H])c(N(c2ccc(-c3ccccc3)cc2)c2ccc(-c3ccccc3)cc2)c2c(oc3c([2H])c(-c4ccccc4)c([2H])c([2H])c32)c1[2H]. The van der Waals surface area contributed by atoms with Crippen molar-refractivity contribution in [1.29, 1.82) is 0 Å². The van der Waals surface area contributed by atoms with Gasteiger partial charge in [-0.05, 0) is 81.8 Å². The summed E-state index contributed by atoms with van der Waals surface area (Å²) in [4.78, 5) is 1.85. The van der Waals surface area contributed by atoms with Gasteiger partial charge in [0, 0.05) is 16.8 Å². The highest BCUT2D eigenvalue weighted by molar-refractivity contribution is 6.14. The molecule has 0 atom stereocenters. The van der Waals surface area contributed by atoms with Crippen molar-refractivity contribution in [2.45, 2.75) is 0 Å². The quantitative estimate of drug-likeness (QED) is 0.198. The summed E-state index contributed by atoms with van der Waals surface area (Å²) in [6.45, 7) is 0. The molecule has 0 radical (unpaired) electrons. The Labute approximate surface area is 265 Å². The summed E-state index contributed by atoms with van der Waals surface area (Å²) in [7, 11) is 0. The minimum absolute atomic E-state index is 0.00516. The van der Waals surface area contributed by atoms with E-state index in [2.05, 4.69) is 0 Å². The molecule has 0 amide bonds. The fraction of sp³-hybridized carbons (Fsp3) is 0. The fourth-order valence-corrected chi connectivity index (χ4v) is 5.62. The molecule has 0 N–H and O–H groups in total. The van der Waals surface area contributed by atoms with Gasteiger partial charge in [-0.3, -0.25) is 0 Å². The molecule has 1 aromatic heterocycles. The first kappa shape index (κ1) is 20.1. The Morgan fingerprint density at radius 3 is 1.43 bits per heavy atom. The molecule has 8 aromatic rings. The van der Waals surface area contributed by atoms with Crippen LogP contribution in [0.4, 0.5) is 17.1 Å². The molecule has 0 spiro atoms. The highest BCUT2D eigenvalue weighted by Crippen LogP contribution is 2.44. The molecule has 2 nitrogen and oxygen atoms in total. The van der Waals surface area contributed by atoms with E-state index < -0.39 is 0 Å². The first-order valence-corrected chi connectivity index (χ1v) is 14.5. The highest BCUT2D eigenvalue weighted by Gasteiger charge is 2.20. The van der Waals surface area contributed by atoms with Crippen LogP contribution in [-0.2, 0) is 0 Å². The Morgan fingerprint density at radius 1 is 0.432 bits per heavy atom. The molecule has 0 bridgehead atoms. The molecule has 1 heterocycles. The van der Waals surface area contributed by atoms with E-state index in [1.165, 1.54) is 0 Å². The second kappa shape index (κ2) is 11.1. The van der Waals surface area contributed by atoms with Crippen molar-refractivity contribution < 1.29 is 12.6 Å². The second-order valence-electron chi connectivity index (χ2n) is 10.5. The van der Waals surface area contributed by atoms with Gasteiger partial charge in [0.1, 0.15) is 11.2 Å². The largest absolute Gasteiger partial charge is 0.456 e. The lowest BCUT2D eigenvalue weighted by molar-refractivity contribution is 0.669. The second-order valence-corrected chi connectivity index (χ2v) is 10.5. The van der Waals surface area contributed by atoms with Crippen LogP contribution in [0.3, 0.4) is 0 Å². The van der Waals surface area contributed by atoms with Gasteiger partial charge < -0.3 is 9.32 Å². The predicted octanol–water partition coefficient (Wildman–Crippen LogP) is 12.1. The van der Waals surface area contributed by atoms with Gasteiger partial charge in [0.05, 0.1) is 19.3 Å². The molecule has 0 aliphatic rings. The van der Waals surface area contributed by atoms with Gasteiger partial charge >= 0.3 is 0 Å². The van der Waals surface area contributed by atoms with Gasteiger partial charge in [0.15, 0.2) is 0 Å². The molecular formula is C42H29NO. The van der Waals surface area contributed by atoms with Crippen molar-refractivity contribution in [3.63, 3.8) is 0 Å². The van der Waals surface area contributed by atoms with Crippen molar-refractivity contribution in [2.24, 2.45) is 0 Å². The molecule has 208 valence electrons. The Hall–Kier alpha value is -5.86. The summed E-state index contributed by atoms with van der Waals surface area (Å²) in [6.07, 6.45) is 0. The van der Waals surface area contributed by atoms with E-state index in [1.807, 2.05) is 132 Å². The lowest BCUT2D eigenvalue weighted by Crippen LogP contribution is -2.10. The molecule has 7 aromatic carbocycles. The van der Waals surface area contributed by atoms with E-state index in [1.54, 1.807) is 12.1 Å². The molecule has 2 heteroatoms. The Balaban J connectivity index is 1.42. The lowest BCUT2D eigenvalue weighted by Gasteiger charge is -2.26. The number of nitrogens with zero attached hydrogens (tertiary/aromatic N) is 1. The summed E-state index contributed by atoms with van der Waals surface area (Å²) in [5.74, 6) is 0. The van der Waals surface area contributed by atoms with Gasteiger partial charge in [-0.1, -0.05) is 127 Å². The van der Waals surface area contributed by atoms with Crippen LogP contribution >= 0.6 is 0 Å². The minimum Gasteiger partial charge on any atom is -0.456 e. The number of benzene rings is 7. The standard InChI is InChI=1S/C42H29NO/c1-4-11-30(12-5-1)33-19-24-36(25-20-33)43(37-26-21-34(22-27-37)31-13-6-2-7-14-31)39-17-10-18-40-42(39)38-28-23-35(29-41(38)44-40)32-15-8-3-9-16-32/h1-29H/i10D,17D,18D,23D,28D,29D. The maximum atomic E-state index is 9.32. The summed E-state index contributed by atoms with van der Waals surface area (Å²) < 4.78 is 60.8. The summed E-state index contributed by atoms with van der Waals surface area (Å²) in [5.41, 5.74) is 6.59. The Kier molecular flexibility index (Phi) is 5.07. The first-order chi connectivity index (χ1) is 24.3. The average molecular weight is 570 g/mol. The number of fused-ring (bicyclic) bond motifs is 3. The van der Waals surface area contributed by atoms with Crippen molar-refractivity contribution in [1.82, 2.24) is 0 Å². The van der Waals surface area contributed by atoms with Crippen LogP contribution in [0.5, 0.6) is 0 Å². The molecule has 0 fully saturated rings. The minimum atomic E-state index is -0.342. The third-order valence-corrected chi connectivity index (χ3v) is 7.80. The van der Waals surface area contributed by atoms with E-state index >= 15 is 0 Å². The lowest BCUT2D eigenvalue weighted by atomic mass is 10.0. The van der Waals surface area contributed by atoms with Crippen molar-refractivity contribution in [3.8, 4) is 33.4 Å². The zero-order valence-electron chi connectivity index (χ0n) is 29.6. The smallest absolute Gasteiger partial charge is 0.137 e. The van der Waals surface area contributed by atoms with Gasteiger partial charge in [-0.2, -0.15) is 0 Å². The van der Waals surface area contributed by atoms with E-state index in [0.717, 1.165) is 22.3 Å². The van der Waals surface area contributed by atoms with Crippen LogP contribution in [0.2, 0.25) is 0 Å². The summed E-state index contributed by atoms with van der Waals surface area (Å²) in [5, 5.41) is 0.412. The normalized spacial score (nSPS) is 13.1. The highest BCUT2D eigenvalue weighted by atomic mass is 16.3. The maximum absolute atomic E-state index is 9.32. The molecule has 0 aliphatic heterocycles. The van der Waals surface area contributed by atoms with Crippen LogP contribution in [0.1, 0.15) is 8.22 Å². The first-order valence-electron chi connectivity index (χ1n) is 17.5. The molecule has 0 saturated carbocycles. The van der Waals surface area contributed by atoms with E-state index in [4.69, 9.17) is 8.53 Å². The van der Waals surface area contributed by atoms with Crippen molar-refractivity contribution in [2.75, 3.05) is 4.90 Å². The van der Waals surface area contributed by atoms with Crippen LogP contribution < -0.4 is 4.90 Å². The maximum Gasteiger partial charge on any atom is 0.137 e. The number of rotatable bonds is 6. The van der Waals surface area contributed by atoms with E-state index in [0.29, 0.717) is 16.9 Å². The summed E-state index contributed by atoms with van der Waals surface area (Å²) in [6, 6.07) is 43.5. The summed E-state index contributed by atoms with van der Waals surface area (Å²) >= 11 is 0. The van der Waals surface area contributed by atoms with Gasteiger partial charge in [0.2, 0.25) is 0 Å². The zero-order valence-corrected chi connectivity index (χ0v) is 23.6. The average Bonchev–Trinajstić information content (AvgIpc) is 3.57. The van der Waals surface area contributed by atoms with Crippen LogP contribution in [0.15, 0.2) is 180 Å². The van der Waals surface area contributed by atoms with Crippen LogP contribution in [0, 0.1) is 0 Å². The fourth-order valence-electron chi connectivity index (χ4n) is 5.62. The number of anilines is 3. The topological polar surface area (TPSA) is 16.4 Å². The van der Waals surface area contributed by atoms with Gasteiger partial charge in [-0.15, -0.1) is 0 Å². The molecule has 0 saturated heterocycles. The molecule has 0 unspecified atom stereocenters.